The largest absolute Gasteiger partial charge is 0.347 e. The molecule has 2 aromatic rings. The van der Waals surface area contributed by atoms with Crippen LogP contribution in [0.4, 0.5) is 0 Å². The highest BCUT2D eigenvalue weighted by atomic mass is 32.2. The second-order valence-electron chi connectivity index (χ2n) is 11.9. The fraction of sp³-hybridized carbons (Fsp3) is 0.684. The van der Waals surface area contributed by atoms with Crippen LogP contribution >= 0.6 is 47.0 Å². The number of hydrogen-bond donors (Lipinski definition) is 0. The summed E-state index contributed by atoms with van der Waals surface area (Å²) in [6.07, 6.45) is 26.2. The molecular formula is C38H62O3S4. The van der Waals surface area contributed by atoms with Crippen molar-refractivity contribution in [3.8, 4) is 0 Å². The molecule has 0 aliphatic carbocycles. The molecule has 2 atom stereocenters. The van der Waals surface area contributed by atoms with Crippen LogP contribution in [0.3, 0.4) is 0 Å². The van der Waals surface area contributed by atoms with E-state index in [-0.39, 0.29) is 12.6 Å². The molecule has 2 rings (SSSR count). The second-order valence-corrected chi connectivity index (χ2v) is 15.4. The lowest BCUT2D eigenvalue weighted by molar-refractivity contribution is -0.234. The molecule has 2 aromatic carbocycles. The summed E-state index contributed by atoms with van der Waals surface area (Å²) in [6.45, 7) is 5.64. The zero-order valence-electron chi connectivity index (χ0n) is 29.2. The quantitative estimate of drug-likeness (QED) is 0.0497. The molecular weight excluding hydrogens is 633 g/mol. The van der Waals surface area contributed by atoms with Crippen LogP contribution in [0.2, 0.25) is 0 Å². The van der Waals surface area contributed by atoms with Crippen molar-refractivity contribution in [1.82, 2.24) is 0 Å². The maximum absolute atomic E-state index is 6.46. The van der Waals surface area contributed by atoms with Gasteiger partial charge in [-0.05, 0) is 85.1 Å². The lowest BCUT2D eigenvalue weighted by Crippen LogP contribution is -2.30. The number of rotatable bonds is 28. The molecule has 0 bridgehead atoms. The van der Waals surface area contributed by atoms with Crippen LogP contribution in [-0.4, -0.2) is 49.1 Å². The van der Waals surface area contributed by atoms with Crippen LogP contribution in [0.15, 0.2) is 46.2 Å². The van der Waals surface area contributed by atoms with Crippen LogP contribution in [-0.2, 0) is 40.3 Å². The van der Waals surface area contributed by atoms with Gasteiger partial charge in [-0.3, -0.25) is 0 Å². The normalized spacial score (nSPS) is 12.9. The van der Waals surface area contributed by atoms with Crippen molar-refractivity contribution in [2.24, 2.45) is 0 Å². The van der Waals surface area contributed by atoms with Gasteiger partial charge in [-0.15, -0.1) is 23.5 Å². The summed E-state index contributed by atoms with van der Waals surface area (Å²) in [5.41, 5.74) is 5.33. The van der Waals surface area contributed by atoms with Crippen molar-refractivity contribution in [1.29, 1.82) is 0 Å². The van der Waals surface area contributed by atoms with E-state index in [2.05, 4.69) is 75.3 Å². The average Bonchev–Trinajstić information content (AvgIpc) is 3.06. The predicted molar refractivity (Wildman–Crippen MR) is 206 cm³/mol. The Labute approximate surface area is 294 Å². The van der Waals surface area contributed by atoms with Gasteiger partial charge in [0.25, 0.3) is 0 Å². The minimum atomic E-state index is -0.325. The maximum atomic E-state index is 6.46. The molecule has 0 fully saturated rings. The summed E-state index contributed by atoms with van der Waals surface area (Å²) in [7, 11) is 0. The Morgan fingerprint density at radius 3 is 1.31 bits per heavy atom. The number of ether oxygens (including phenoxy) is 3. The summed E-state index contributed by atoms with van der Waals surface area (Å²) in [4.78, 5) is 2.62. The van der Waals surface area contributed by atoms with E-state index in [1.165, 1.54) is 109 Å². The molecule has 3 nitrogen and oxygen atoms in total. The second kappa shape index (κ2) is 26.6. The third-order valence-electron chi connectivity index (χ3n) is 8.10. The van der Waals surface area contributed by atoms with E-state index in [0.29, 0.717) is 13.2 Å². The Bertz CT molecular complexity index is 939. The van der Waals surface area contributed by atoms with E-state index in [4.69, 9.17) is 14.2 Å². The molecule has 256 valence electrons. The first-order valence-corrected chi connectivity index (χ1v) is 22.5. The zero-order valence-corrected chi connectivity index (χ0v) is 32.5. The molecule has 0 aromatic heterocycles. The monoisotopic (exact) mass is 694 g/mol. The zero-order chi connectivity index (χ0) is 32.5. The van der Waals surface area contributed by atoms with Crippen LogP contribution in [0, 0.1) is 0 Å². The first-order chi connectivity index (χ1) is 22.1. The summed E-state index contributed by atoms with van der Waals surface area (Å²) in [5, 5.41) is 0. The van der Waals surface area contributed by atoms with Gasteiger partial charge in [0.05, 0.1) is 13.2 Å². The van der Waals surface area contributed by atoms with E-state index in [1.807, 2.05) is 23.5 Å². The van der Waals surface area contributed by atoms with Crippen molar-refractivity contribution in [2.75, 3.05) is 36.5 Å². The Hall–Kier alpha value is -0.280. The highest BCUT2D eigenvalue weighted by Gasteiger charge is 2.19. The summed E-state index contributed by atoms with van der Waals surface area (Å²) in [6, 6.07) is 13.8. The van der Waals surface area contributed by atoms with Gasteiger partial charge in [0.1, 0.15) is 0 Å². The van der Waals surface area contributed by atoms with E-state index < -0.39 is 0 Å². The van der Waals surface area contributed by atoms with E-state index in [0.717, 1.165) is 24.3 Å². The molecule has 0 aliphatic rings. The number of benzene rings is 2. The third kappa shape index (κ3) is 17.6. The molecule has 0 N–H and O–H groups in total. The molecule has 0 spiro atoms. The van der Waals surface area contributed by atoms with Gasteiger partial charge in [0.2, 0.25) is 0 Å². The maximum Gasteiger partial charge on any atom is 0.170 e. The minimum Gasteiger partial charge on any atom is -0.347 e. The SMILES string of the molecule is CCCCCCCCc1ccc(COC(CSC)OC(CSC)OCc2ccc(CCCCCCCC)cc2SC)c(SC)c1. The smallest absolute Gasteiger partial charge is 0.170 e. The van der Waals surface area contributed by atoms with Gasteiger partial charge in [-0.25, -0.2) is 0 Å². The highest BCUT2D eigenvalue weighted by Crippen LogP contribution is 2.27. The summed E-state index contributed by atoms with van der Waals surface area (Å²) < 4.78 is 19.2. The van der Waals surface area contributed by atoms with Crippen LogP contribution in [0.5, 0.6) is 0 Å². The van der Waals surface area contributed by atoms with Crippen LogP contribution < -0.4 is 0 Å². The molecule has 0 saturated carbocycles. The van der Waals surface area contributed by atoms with Gasteiger partial charge in [-0.1, -0.05) is 102 Å². The molecule has 0 heterocycles. The summed E-state index contributed by atoms with van der Waals surface area (Å²) in [5.74, 6) is 1.53. The van der Waals surface area contributed by atoms with Crippen molar-refractivity contribution in [3.63, 3.8) is 0 Å². The molecule has 0 saturated heterocycles. The lowest BCUT2D eigenvalue weighted by Gasteiger charge is -2.25. The Morgan fingerprint density at radius 1 is 0.533 bits per heavy atom. The number of unbranched alkanes of at least 4 members (excludes halogenated alkanes) is 10. The summed E-state index contributed by atoms with van der Waals surface area (Å²) >= 11 is 7.11. The first-order valence-electron chi connectivity index (χ1n) is 17.3. The number of aryl methyl sites for hydroxylation is 2. The number of hydrogen-bond acceptors (Lipinski definition) is 7. The fourth-order valence-electron chi connectivity index (χ4n) is 5.41. The van der Waals surface area contributed by atoms with Crippen LogP contribution in [0.1, 0.15) is 113 Å². The molecule has 45 heavy (non-hydrogen) atoms. The van der Waals surface area contributed by atoms with Crippen LogP contribution in [0.25, 0.3) is 0 Å². The average molecular weight is 695 g/mol. The van der Waals surface area contributed by atoms with Gasteiger partial charge >= 0.3 is 0 Å². The molecule has 0 aliphatic heterocycles. The molecule has 7 heteroatoms. The van der Waals surface area contributed by atoms with Gasteiger partial charge < -0.3 is 14.2 Å². The highest BCUT2D eigenvalue weighted by molar-refractivity contribution is 7.99. The van der Waals surface area contributed by atoms with Crippen molar-refractivity contribution >= 4 is 47.0 Å². The minimum absolute atomic E-state index is 0.325. The Morgan fingerprint density at radius 2 is 0.933 bits per heavy atom. The van der Waals surface area contributed by atoms with E-state index in [9.17, 15) is 0 Å². The lowest BCUT2D eigenvalue weighted by atomic mass is 10.0. The first kappa shape index (κ1) is 40.9. The van der Waals surface area contributed by atoms with E-state index in [1.54, 1.807) is 23.5 Å². The Kier molecular flexibility index (Phi) is 24.2. The third-order valence-corrected chi connectivity index (χ3v) is 11.0. The van der Waals surface area contributed by atoms with Crippen molar-refractivity contribution in [3.05, 3.63) is 58.7 Å². The topological polar surface area (TPSA) is 27.7 Å². The van der Waals surface area contributed by atoms with Gasteiger partial charge in [-0.2, -0.15) is 23.5 Å². The number of thioether (sulfide) groups is 4. The standard InChI is InChI=1S/C38H62O3S4/c1-7-9-11-13-15-17-19-31-21-23-33(35(25-31)44-5)27-39-37(29-42-3)41-38(30-43-4)40-28-34-24-22-32(26-36(34)45-6)20-18-16-14-12-10-8-2/h21-26,37-38H,7-20,27-30H2,1-6H3. The molecule has 0 amide bonds. The van der Waals surface area contributed by atoms with Crippen molar-refractivity contribution < 1.29 is 14.2 Å². The van der Waals surface area contributed by atoms with Gasteiger partial charge in [0, 0.05) is 21.3 Å². The fourth-order valence-corrected chi connectivity index (χ4v) is 7.62. The predicted octanol–water partition coefficient (Wildman–Crippen LogP) is 12.1. The van der Waals surface area contributed by atoms with E-state index >= 15 is 0 Å². The molecule has 2 unspecified atom stereocenters. The van der Waals surface area contributed by atoms with Crippen molar-refractivity contribution in [2.45, 2.75) is 139 Å². The molecule has 0 radical (unpaired) electrons. The Balaban J connectivity index is 1.91. The van der Waals surface area contributed by atoms with Gasteiger partial charge in [0.15, 0.2) is 12.6 Å².